The Morgan fingerprint density at radius 3 is 2.14 bits per heavy atom. The smallest absolute Gasteiger partial charge is 0.264 e. The molecular weight excluding hydrogens is 470 g/mol. The molecule has 0 fully saturated rings. The van der Waals surface area contributed by atoms with Crippen LogP contribution in [-0.2, 0) is 14.8 Å². The van der Waals surface area contributed by atoms with Crippen LogP contribution in [0.2, 0.25) is 0 Å². The molecule has 3 aromatic carbocycles. The maximum absolute atomic E-state index is 12.6. The number of aromatic nitrogens is 1. The van der Waals surface area contributed by atoms with E-state index in [1.807, 2.05) is 30.3 Å². The SMILES string of the molecule is Cc1noc(NS(=O)(=O)c2ccc(NC(=O)COc3ccc(Oc4ccccc4)cc3)cc2)c1C. The number of hydrogen-bond acceptors (Lipinski definition) is 7. The monoisotopic (exact) mass is 493 g/mol. The lowest BCUT2D eigenvalue weighted by atomic mass is 10.3. The van der Waals surface area contributed by atoms with Crippen molar-refractivity contribution in [2.45, 2.75) is 18.7 Å². The lowest BCUT2D eigenvalue weighted by molar-refractivity contribution is -0.118. The summed E-state index contributed by atoms with van der Waals surface area (Å²) in [6.45, 7) is 3.20. The highest BCUT2D eigenvalue weighted by Crippen LogP contribution is 2.24. The molecule has 4 aromatic rings. The molecule has 2 N–H and O–H groups in total. The van der Waals surface area contributed by atoms with Crippen molar-refractivity contribution in [3.8, 4) is 17.2 Å². The highest BCUT2D eigenvalue weighted by molar-refractivity contribution is 7.92. The summed E-state index contributed by atoms with van der Waals surface area (Å²) in [6, 6.07) is 22.0. The fourth-order valence-electron chi connectivity index (χ4n) is 2.98. The van der Waals surface area contributed by atoms with E-state index in [9.17, 15) is 13.2 Å². The standard InChI is InChI=1S/C25H23N3O6S/c1-17-18(2)27-34-25(17)28-35(30,31)23-14-8-19(9-15-23)26-24(29)16-32-20-10-12-22(13-11-20)33-21-6-4-3-5-7-21/h3-15,28H,16H2,1-2H3,(H,26,29). The normalized spacial score (nSPS) is 11.0. The molecule has 180 valence electrons. The van der Waals surface area contributed by atoms with E-state index in [4.69, 9.17) is 14.0 Å². The van der Waals surface area contributed by atoms with Crippen molar-refractivity contribution in [1.82, 2.24) is 5.16 Å². The predicted molar refractivity (Wildman–Crippen MR) is 130 cm³/mol. The zero-order chi connectivity index (χ0) is 24.8. The molecule has 0 radical (unpaired) electrons. The molecule has 0 atom stereocenters. The number of benzene rings is 3. The van der Waals surface area contributed by atoms with E-state index in [2.05, 4.69) is 15.2 Å². The van der Waals surface area contributed by atoms with E-state index in [-0.39, 0.29) is 17.4 Å². The summed E-state index contributed by atoms with van der Waals surface area (Å²) in [4.78, 5) is 12.3. The molecule has 0 aliphatic carbocycles. The Hall–Kier alpha value is -4.31. The predicted octanol–water partition coefficient (Wildman–Crippen LogP) is 4.90. The van der Waals surface area contributed by atoms with E-state index in [1.54, 1.807) is 38.1 Å². The van der Waals surface area contributed by atoms with Gasteiger partial charge in [-0.25, -0.2) is 13.1 Å². The molecule has 0 spiro atoms. The van der Waals surface area contributed by atoms with Gasteiger partial charge in [0.25, 0.3) is 15.9 Å². The Kier molecular flexibility index (Phi) is 7.02. The summed E-state index contributed by atoms with van der Waals surface area (Å²) < 4.78 is 43.7. The molecule has 1 heterocycles. The van der Waals surface area contributed by atoms with Crippen LogP contribution in [0.4, 0.5) is 11.6 Å². The largest absolute Gasteiger partial charge is 0.484 e. The number of rotatable bonds is 9. The third kappa shape index (κ3) is 6.18. The minimum atomic E-state index is -3.87. The number of ether oxygens (including phenoxy) is 2. The number of hydrogen-bond donors (Lipinski definition) is 2. The highest BCUT2D eigenvalue weighted by atomic mass is 32.2. The van der Waals surface area contributed by atoms with E-state index in [0.29, 0.717) is 28.4 Å². The number of para-hydroxylation sites is 1. The van der Waals surface area contributed by atoms with Crippen molar-refractivity contribution in [2.75, 3.05) is 16.6 Å². The number of aryl methyl sites for hydroxylation is 1. The quantitative estimate of drug-likeness (QED) is 0.340. The van der Waals surface area contributed by atoms with Crippen LogP contribution in [0, 0.1) is 13.8 Å². The number of nitrogens with one attached hydrogen (secondary N) is 2. The van der Waals surface area contributed by atoms with Crippen molar-refractivity contribution in [3.05, 3.63) is 90.1 Å². The molecule has 4 rings (SSSR count). The van der Waals surface area contributed by atoms with Crippen molar-refractivity contribution in [1.29, 1.82) is 0 Å². The first-order chi connectivity index (χ1) is 16.8. The van der Waals surface area contributed by atoms with Crippen molar-refractivity contribution in [2.24, 2.45) is 0 Å². The van der Waals surface area contributed by atoms with Gasteiger partial charge in [-0.15, -0.1) is 0 Å². The fraction of sp³-hybridized carbons (Fsp3) is 0.120. The average Bonchev–Trinajstić information content (AvgIpc) is 3.16. The van der Waals surface area contributed by atoms with Crippen LogP contribution in [0.15, 0.2) is 88.3 Å². The highest BCUT2D eigenvalue weighted by Gasteiger charge is 2.19. The average molecular weight is 494 g/mol. The number of nitrogens with zero attached hydrogens (tertiary/aromatic N) is 1. The molecule has 0 saturated carbocycles. The summed E-state index contributed by atoms with van der Waals surface area (Å²) in [6.07, 6.45) is 0. The Balaban J connectivity index is 1.28. The molecule has 9 nitrogen and oxygen atoms in total. The minimum absolute atomic E-state index is 0.0120. The van der Waals surface area contributed by atoms with Crippen LogP contribution in [0.25, 0.3) is 0 Å². The first-order valence-electron chi connectivity index (χ1n) is 10.6. The van der Waals surface area contributed by atoms with Crippen molar-refractivity contribution in [3.63, 3.8) is 0 Å². The van der Waals surface area contributed by atoms with E-state index < -0.39 is 15.9 Å². The molecular formula is C25H23N3O6S. The molecule has 10 heteroatoms. The lowest BCUT2D eigenvalue weighted by Gasteiger charge is -2.10. The number of carbonyl (C=O) groups is 1. The Labute approximate surface area is 202 Å². The number of carbonyl (C=O) groups excluding carboxylic acids is 1. The molecule has 0 bridgehead atoms. The maximum atomic E-state index is 12.6. The van der Waals surface area contributed by atoms with Crippen LogP contribution in [0.3, 0.4) is 0 Å². The van der Waals surface area contributed by atoms with Gasteiger partial charge in [-0.3, -0.25) is 4.79 Å². The van der Waals surface area contributed by atoms with Gasteiger partial charge in [0.15, 0.2) is 6.61 Å². The molecule has 1 aromatic heterocycles. The van der Waals surface area contributed by atoms with E-state index in [1.165, 1.54) is 24.3 Å². The van der Waals surface area contributed by atoms with E-state index in [0.717, 1.165) is 5.75 Å². The Morgan fingerprint density at radius 2 is 1.51 bits per heavy atom. The first-order valence-corrected chi connectivity index (χ1v) is 12.1. The Bertz CT molecular complexity index is 1400. The zero-order valence-corrected chi connectivity index (χ0v) is 19.8. The summed E-state index contributed by atoms with van der Waals surface area (Å²) in [5, 5.41) is 6.40. The van der Waals surface area contributed by atoms with Crippen molar-refractivity contribution < 1.29 is 27.2 Å². The van der Waals surface area contributed by atoms with Gasteiger partial charge >= 0.3 is 0 Å². The molecule has 35 heavy (non-hydrogen) atoms. The third-order valence-electron chi connectivity index (χ3n) is 5.01. The second-order valence-corrected chi connectivity index (χ2v) is 9.26. The minimum Gasteiger partial charge on any atom is -0.484 e. The topological polar surface area (TPSA) is 120 Å². The van der Waals surface area contributed by atoms with Crippen LogP contribution in [0.5, 0.6) is 17.2 Å². The molecule has 0 saturated heterocycles. The number of sulfonamides is 1. The zero-order valence-electron chi connectivity index (χ0n) is 19.0. The van der Waals surface area contributed by atoms with Gasteiger partial charge in [0.05, 0.1) is 10.6 Å². The van der Waals surface area contributed by atoms with Gasteiger partial charge in [0, 0.05) is 11.3 Å². The van der Waals surface area contributed by atoms with E-state index >= 15 is 0 Å². The maximum Gasteiger partial charge on any atom is 0.264 e. The first kappa shape index (κ1) is 23.8. The van der Waals surface area contributed by atoms with Crippen LogP contribution in [0.1, 0.15) is 11.3 Å². The van der Waals surface area contributed by atoms with Gasteiger partial charge in [-0.1, -0.05) is 23.4 Å². The molecule has 0 unspecified atom stereocenters. The summed E-state index contributed by atoms with van der Waals surface area (Å²) in [5.41, 5.74) is 1.63. The number of anilines is 2. The van der Waals surface area contributed by atoms with Gasteiger partial charge in [0.1, 0.15) is 17.2 Å². The lowest BCUT2D eigenvalue weighted by Crippen LogP contribution is -2.20. The van der Waals surface area contributed by atoms with Gasteiger partial charge in [-0.05, 0) is 74.5 Å². The van der Waals surface area contributed by atoms with Crippen LogP contribution < -0.4 is 19.5 Å². The van der Waals surface area contributed by atoms with Gasteiger partial charge in [-0.2, -0.15) is 0 Å². The number of amides is 1. The Morgan fingerprint density at radius 1 is 0.886 bits per heavy atom. The van der Waals surface area contributed by atoms with Gasteiger partial charge in [0.2, 0.25) is 5.88 Å². The second kappa shape index (κ2) is 10.3. The van der Waals surface area contributed by atoms with Crippen molar-refractivity contribution >= 4 is 27.5 Å². The molecule has 0 aliphatic heterocycles. The fourth-order valence-corrected chi connectivity index (χ4v) is 4.03. The van der Waals surface area contributed by atoms with Crippen LogP contribution >= 0.6 is 0 Å². The summed E-state index contributed by atoms with van der Waals surface area (Å²) >= 11 is 0. The molecule has 1 amide bonds. The second-order valence-electron chi connectivity index (χ2n) is 7.58. The van der Waals surface area contributed by atoms with Gasteiger partial charge < -0.3 is 19.3 Å². The molecule has 0 aliphatic rings. The summed E-state index contributed by atoms with van der Waals surface area (Å²) in [7, 11) is -3.87. The third-order valence-corrected chi connectivity index (χ3v) is 6.35. The van der Waals surface area contributed by atoms with Crippen LogP contribution in [-0.4, -0.2) is 26.1 Å². The summed E-state index contributed by atoms with van der Waals surface area (Å²) in [5.74, 6) is 1.54.